The fourth-order valence-corrected chi connectivity index (χ4v) is 2.66. The number of nitrogens with one attached hydrogen (secondary N) is 2. The maximum atomic E-state index is 10.6. The molecule has 0 bridgehead atoms. The van der Waals surface area contributed by atoms with E-state index in [1.54, 1.807) is 0 Å². The van der Waals surface area contributed by atoms with Crippen LogP contribution in [-0.4, -0.2) is 11.4 Å². The van der Waals surface area contributed by atoms with Crippen LogP contribution in [0, 0.1) is 0 Å². The largest absolute Gasteiger partial charge is 0.356 e. The molecule has 0 saturated carbocycles. The Balaban J connectivity index is 2.17. The lowest BCUT2D eigenvalue weighted by atomic mass is 9.92. The Labute approximate surface area is 93.9 Å². The van der Waals surface area contributed by atoms with E-state index < -0.39 is 0 Å². The molecule has 1 aliphatic rings. The van der Waals surface area contributed by atoms with E-state index in [0.717, 1.165) is 25.7 Å². The van der Waals surface area contributed by atoms with Crippen LogP contribution in [-0.2, 0) is 11.2 Å². The lowest BCUT2D eigenvalue weighted by Crippen LogP contribution is -2.23. The molecule has 0 unspecified atom stereocenters. The third-order valence-electron chi connectivity index (χ3n) is 3.38. The molecule has 3 nitrogen and oxygen atoms in total. The second-order valence-electron chi connectivity index (χ2n) is 4.29. The Morgan fingerprint density at radius 2 is 2.25 bits per heavy atom. The lowest BCUT2D eigenvalue weighted by Gasteiger charge is -2.21. The van der Waals surface area contributed by atoms with Crippen molar-refractivity contribution in [3.8, 4) is 0 Å². The van der Waals surface area contributed by atoms with E-state index in [9.17, 15) is 4.79 Å². The van der Waals surface area contributed by atoms with Gasteiger partial charge in [0.25, 0.3) is 0 Å². The molecule has 1 aromatic heterocycles. The van der Waals surface area contributed by atoms with Gasteiger partial charge in [0.1, 0.15) is 0 Å². The summed E-state index contributed by atoms with van der Waals surface area (Å²) in [5.74, 6) is 0. The standard InChI is InChI=1S/C13H14N2O/c16-8-14-12-7-3-5-10-9-4-1-2-6-11(9)15-13(10)12/h1-2,4,6,8,12,15H,3,5,7H2,(H,14,16)/t12-/m1/s1. The number of benzene rings is 1. The first-order chi connectivity index (χ1) is 7.90. The van der Waals surface area contributed by atoms with Crippen LogP contribution in [0.1, 0.15) is 30.1 Å². The highest BCUT2D eigenvalue weighted by atomic mass is 16.1. The molecule has 1 heterocycles. The molecule has 2 aromatic rings. The molecule has 16 heavy (non-hydrogen) atoms. The van der Waals surface area contributed by atoms with Crippen LogP contribution in [0.15, 0.2) is 24.3 Å². The van der Waals surface area contributed by atoms with Crippen LogP contribution >= 0.6 is 0 Å². The van der Waals surface area contributed by atoms with Crippen molar-refractivity contribution in [3.63, 3.8) is 0 Å². The van der Waals surface area contributed by atoms with Crippen LogP contribution in [0.25, 0.3) is 10.9 Å². The normalized spacial score (nSPS) is 19.4. The van der Waals surface area contributed by atoms with Gasteiger partial charge in [-0.2, -0.15) is 0 Å². The third-order valence-corrected chi connectivity index (χ3v) is 3.38. The predicted octanol–water partition coefficient (Wildman–Crippen LogP) is 2.29. The topological polar surface area (TPSA) is 44.9 Å². The van der Waals surface area contributed by atoms with Crippen molar-refractivity contribution in [2.45, 2.75) is 25.3 Å². The fourth-order valence-electron chi connectivity index (χ4n) is 2.66. The van der Waals surface area contributed by atoms with Gasteiger partial charge in [-0.05, 0) is 30.9 Å². The van der Waals surface area contributed by atoms with Gasteiger partial charge < -0.3 is 10.3 Å². The van der Waals surface area contributed by atoms with Gasteiger partial charge in [0.05, 0.1) is 6.04 Å². The molecular formula is C13H14N2O. The summed E-state index contributed by atoms with van der Waals surface area (Å²) in [5.41, 5.74) is 3.74. The second-order valence-corrected chi connectivity index (χ2v) is 4.29. The Morgan fingerprint density at radius 3 is 3.12 bits per heavy atom. The third kappa shape index (κ3) is 1.32. The summed E-state index contributed by atoms with van der Waals surface area (Å²) in [6.45, 7) is 0. The van der Waals surface area contributed by atoms with E-state index in [-0.39, 0.29) is 6.04 Å². The average molecular weight is 214 g/mol. The molecule has 82 valence electrons. The first-order valence-corrected chi connectivity index (χ1v) is 5.69. The Kier molecular flexibility index (Phi) is 2.17. The summed E-state index contributed by atoms with van der Waals surface area (Å²) in [4.78, 5) is 14.0. The van der Waals surface area contributed by atoms with Crippen molar-refractivity contribution in [1.82, 2.24) is 10.3 Å². The lowest BCUT2D eigenvalue weighted by molar-refractivity contribution is -0.110. The number of aromatic amines is 1. The monoisotopic (exact) mass is 214 g/mol. The number of rotatable bonds is 2. The molecule has 0 saturated heterocycles. The van der Waals surface area contributed by atoms with Gasteiger partial charge in [0, 0.05) is 16.6 Å². The maximum absolute atomic E-state index is 10.6. The van der Waals surface area contributed by atoms with Gasteiger partial charge in [-0.25, -0.2) is 0 Å². The Bertz CT molecular complexity index is 530. The highest BCUT2D eigenvalue weighted by Crippen LogP contribution is 2.34. The molecule has 1 atom stereocenters. The van der Waals surface area contributed by atoms with E-state index in [1.165, 1.54) is 22.2 Å². The molecule has 1 amide bonds. The number of aryl methyl sites for hydroxylation is 1. The molecule has 0 radical (unpaired) electrons. The zero-order valence-electron chi connectivity index (χ0n) is 8.99. The number of H-pyrrole nitrogens is 1. The summed E-state index contributed by atoms with van der Waals surface area (Å²) >= 11 is 0. The summed E-state index contributed by atoms with van der Waals surface area (Å²) in [6.07, 6.45) is 4.07. The molecule has 1 aromatic carbocycles. The van der Waals surface area contributed by atoms with Crippen LogP contribution < -0.4 is 5.32 Å². The summed E-state index contributed by atoms with van der Waals surface area (Å²) < 4.78 is 0. The van der Waals surface area contributed by atoms with Gasteiger partial charge in [-0.15, -0.1) is 0 Å². The van der Waals surface area contributed by atoms with Crippen LogP contribution in [0.3, 0.4) is 0 Å². The fraction of sp³-hybridized carbons (Fsp3) is 0.308. The van der Waals surface area contributed by atoms with Gasteiger partial charge in [0.2, 0.25) is 6.41 Å². The maximum Gasteiger partial charge on any atom is 0.207 e. The van der Waals surface area contributed by atoms with E-state index in [2.05, 4.69) is 28.5 Å². The molecule has 0 fully saturated rings. The quantitative estimate of drug-likeness (QED) is 0.740. The number of para-hydroxylation sites is 1. The Hall–Kier alpha value is -1.77. The first-order valence-electron chi connectivity index (χ1n) is 5.69. The van der Waals surface area contributed by atoms with Crippen LogP contribution in [0.4, 0.5) is 0 Å². The first kappa shape index (κ1) is 9.46. The van der Waals surface area contributed by atoms with Crippen LogP contribution in [0.2, 0.25) is 0 Å². The van der Waals surface area contributed by atoms with E-state index in [4.69, 9.17) is 0 Å². The van der Waals surface area contributed by atoms with Crippen molar-refractivity contribution in [1.29, 1.82) is 0 Å². The van der Waals surface area contributed by atoms with Gasteiger partial charge >= 0.3 is 0 Å². The number of aromatic nitrogens is 1. The minimum absolute atomic E-state index is 0.161. The van der Waals surface area contributed by atoms with Gasteiger partial charge in [-0.1, -0.05) is 18.2 Å². The summed E-state index contributed by atoms with van der Waals surface area (Å²) in [7, 11) is 0. The minimum Gasteiger partial charge on any atom is -0.356 e. The average Bonchev–Trinajstić information content (AvgIpc) is 2.69. The molecule has 3 rings (SSSR count). The highest BCUT2D eigenvalue weighted by molar-refractivity contribution is 5.85. The molecule has 0 aliphatic heterocycles. The zero-order chi connectivity index (χ0) is 11.0. The molecular weight excluding hydrogens is 200 g/mol. The van der Waals surface area contributed by atoms with Crippen LogP contribution in [0.5, 0.6) is 0 Å². The molecule has 2 N–H and O–H groups in total. The molecule has 0 spiro atoms. The van der Waals surface area contributed by atoms with E-state index in [1.807, 2.05) is 6.07 Å². The number of hydrogen-bond donors (Lipinski definition) is 2. The number of amides is 1. The summed E-state index contributed by atoms with van der Waals surface area (Å²) in [5, 5.41) is 4.19. The van der Waals surface area contributed by atoms with Crippen molar-refractivity contribution >= 4 is 17.3 Å². The smallest absolute Gasteiger partial charge is 0.207 e. The van der Waals surface area contributed by atoms with Crippen molar-refractivity contribution < 1.29 is 4.79 Å². The number of carbonyl (C=O) groups excluding carboxylic acids is 1. The van der Waals surface area contributed by atoms with E-state index >= 15 is 0 Å². The Morgan fingerprint density at radius 1 is 1.38 bits per heavy atom. The van der Waals surface area contributed by atoms with Crippen molar-refractivity contribution in [3.05, 3.63) is 35.5 Å². The van der Waals surface area contributed by atoms with Gasteiger partial charge in [0.15, 0.2) is 0 Å². The van der Waals surface area contributed by atoms with Gasteiger partial charge in [-0.3, -0.25) is 4.79 Å². The molecule has 3 heteroatoms. The second kappa shape index (κ2) is 3.67. The van der Waals surface area contributed by atoms with Crippen molar-refractivity contribution in [2.75, 3.05) is 0 Å². The SMILES string of the molecule is O=CN[C@@H]1CCCc2c1[nH]c1ccccc21. The van der Waals surface area contributed by atoms with E-state index in [0.29, 0.717) is 0 Å². The number of fused-ring (bicyclic) bond motifs is 3. The minimum atomic E-state index is 0.161. The predicted molar refractivity (Wildman–Crippen MR) is 63.2 cm³/mol. The summed E-state index contributed by atoms with van der Waals surface area (Å²) in [6, 6.07) is 8.49. The number of hydrogen-bond acceptors (Lipinski definition) is 1. The molecule has 1 aliphatic carbocycles. The van der Waals surface area contributed by atoms with Crippen molar-refractivity contribution in [2.24, 2.45) is 0 Å². The number of carbonyl (C=O) groups is 1. The highest BCUT2D eigenvalue weighted by Gasteiger charge is 2.23. The zero-order valence-corrected chi connectivity index (χ0v) is 8.99.